The summed E-state index contributed by atoms with van der Waals surface area (Å²) in [5.74, 6) is 1.18. The Morgan fingerprint density at radius 1 is 1.31 bits per heavy atom. The van der Waals surface area contributed by atoms with Crippen LogP contribution >= 0.6 is 0 Å². The predicted octanol–water partition coefficient (Wildman–Crippen LogP) is 1.64. The van der Waals surface area contributed by atoms with E-state index < -0.39 is 0 Å². The third-order valence-electron chi connectivity index (χ3n) is 2.26. The highest BCUT2D eigenvalue weighted by atomic mass is 16.5. The number of nitrogens with zero attached hydrogens (tertiary/aromatic N) is 2. The first-order valence-electron chi connectivity index (χ1n) is 5.71. The van der Waals surface area contributed by atoms with Gasteiger partial charge in [0.15, 0.2) is 0 Å². The highest BCUT2D eigenvalue weighted by Gasteiger charge is 2.21. The Kier molecular flexibility index (Phi) is 3.25. The smallest absolute Gasteiger partial charge is 0.242 e. The number of hydrogen-bond donors (Lipinski definition) is 1. The Labute approximate surface area is 95.6 Å². The Bertz CT molecular complexity index is 339. The molecule has 0 radical (unpaired) electrons. The monoisotopic (exact) mass is 225 g/mol. The second kappa shape index (κ2) is 4.51. The van der Waals surface area contributed by atoms with Crippen LogP contribution < -0.4 is 5.32 Å². The van der Waals surface area contributed by atoms with Crippen LogP contribution in [0.15, 0.2) is 4.42 Å². The molecule has 5 heteroatoms. The molecule has 0 spiro atoms. The van der Waals surface area contributed by atoms with Crippen LogP contribution in [0, 0.1) is 0 Å². The van der Waals surface area contributed by atoms with Crippen LogP contribution in [0.4, 0.5) is 0 Å². The fraction of sp³-hybridized carbons (Fsp3) is 0.818. The summed E-state index contributed by atoms with van der Waals surface area (Å²) < 4.78 is 11.0. The molecule has 1 N–H and O–H groups in total. The van der Waals surface area contributed by atoms with Crippen molar-refractivity contribution in [1.29, 1.82) is 0 Å². The SMILES string of the molecule is CC(C)(C)OCc1nnc(CNC2CC2)o1. The first-order valence-corrected chi connectivity index (χ1v) is 5.71. The normalized spacial score (nSPS) is 16.7. The summed E-state index contributed by atoms with van der Waals surface area (Å²) in [6, 6.07) is 0.654. The van der Waals surface area contributed by atoms with E-state index >= 15 is 0 Å². The summed E-state index contributed by atoms with van der Waals surface area (Å²) in [5, 5.41) is 11.2. The van der Waals surface area contributed by atoms with E-state index in [1.807, 2.05) is 20.8 Å². The van der Waals surface area contributed by atoms with Gasteiger partial charge < -0.3 is 14.5 Å². The van der Waals surface area contributed by atoms with Gasteiger partial charge in [-0.2, -0.15) is 0 Å². The molecule has 0 atom stereocenters. The summed E-state index contributed by atoms with van der Waals surface area (Å²) in [4.78, 5) is 0. The Morgan fingerprint density at radius 3 is 2.62 bits per heavy atom. The molecule has 0 unspecified atom stereocenters. The summed E-state index contributed by atoms with van der Waals surface area (Å²) in [6.07, 6.45) is 2.52. The zero-order valence-electron chi connectivity index (χ0n) is 10.1. The molecule has 1 aliphatic rings. The minimum atomic E-state index is -0.180. The highest BCUT2D eigenvalue weighted by Crippen LogP contribution is 2.19. The number of ether oxygens (including phenoxy) is 1. The quantitative estimate of drug-likeness (QED) is 0.825. The van der Waals surface area contributed by atoms with Gasteiger partial charge in [-0.05, 0) is 33.6 Å². The van der Waals surface area contributed by atoms with Crippen molar-refractivity contribution in [2.24, 2.45) is 0 Å². The topological polar surface area (TPSA) is 60.2 Å². The molecule has 1 saturated carbocycles. The van der Waals surface area contributed by atoms with Crippen molar-refractivity contribution in [1.82, 2.24) is 15.5 Å². The van der Waals surface area contributed by atoms with Crippen LogP contribution in [-0.4, -0.2) is 21.8 Å². The molecule has 0 saturated heterocycles. The van der Waals surface area contributed by atoms with Gasteiger partial charge in [0, 0.05) is 6.04 Å². The van der Waals surface area contributed by atoms with Crippen molar-refractivity contribution in [3.8, 4) is 0 Å². The molecule has 1 aromatic rings. The second-order valence-electron chi connectivity index (χ2n) is 5.15. The van der Waals surface area contributed by atoms with Crippen molar-refractivity contribution in [2.45, 2.75) is 58.4 Å². The summed E-state index contributed by atoms with van der Waals surface area (Å²) in [6.45, 7) is 7.03. The lowest BCUT2D eigenvalue weighted by Gasteiger charge is -2.17. The van der Waals surface area contributed by atoms with Crippen LogP contribution in [0.3, 0.4) is 0 Å². The van der Waals surface area contributed by atoms with Crippen molar-refractivity contribution >= 4 is 0 Å². The van der Waals surface area contributed by atoms with Gasteiger partial charge in [-0.3, -0.25) is 0 Å². The molecule has 0 bridgehead atoms. The summed E-state index contributed by atoms with van der Waals surface area (Å²) in [7, 11) is 0. The van der Waals surface area contributed by atoms with Crippen LogP contribution in [0.2, 0.25) is 0 Å². The Hall–Kier alpha value is -0.940. The fourth-order valence-corrected chi connectivity index (χ4v) is 1.22. The van der Waals surface area contributed by atoms with Gasteiger partial charge in [-0.15, -0.1) is 10.2 Å². The first kappa shape index (κ1) is 11.5. The third kappa shape index (κ3) is 3.90. The van der Waals surface area contributed by atoms with Gasteiger partial charge in [-0.1, -0.05) is 0 Å². The maximum Gasteiger partial charge on any atom is 0.242 e. The maximum atomic E-state index is 5.55. The van der Waals surface area contributed by atoms with Gasteiger partial charge in [0.1, 0.15) is 6.61 Å². The molecule has 0 aromatic carbocycles. The largest absolute Gasteiger partial charge is 0.421 e. The zero-order valence-corrected chi connectivity index (χ0v) is 10.1. The minimum Gasteiger partial charge on any atom is -0.421 e. The minimum absolute atomic E-state index is 0.180. The second-order valence-corrected chi connectivity index (χ2v) is 5.15. The number of rotatable bonds is 5. The summed E-state index contributed by atoms with van der Waals surface area (Å²) >= 11 is 0. The molecule has 16 heavy (non-hydrogen) atoms. The van der Waals surface area contributed by atoms with Gasteiger partial charge in [0.2, 0.25) is 11.8 Å². The molecule has 2 rings (SSSR count). The average molecular weight is 225 g/mol. The Balaban J connectivity index is 1.77. The molecule has 1 aromatic heterocycles. The van der Waals surface area contributed by atoms with Gasteiger partial charge in [0.25, 0.3) is 0 Å². The number of hydrogen-bond acceptors (Lipinski definition) is 5. The van der Waals surface area contributed by atoms with Crippen LogP contribution in [-0.2, 0) is 17.9 Å². The van der Waals surface area contributed by atoms with Crippen molar-refractivity contribution in [3.63, 3.8) is 0 Å². The van der Waals surface area contributed by atoms with E-state index in [1.165, 1.54) is 12.8 Å². The van der Waals surface area contributed by atoms with E-state index in [1.54, 1.807) is 0 Å². The third-order valence-corrected chi connectivity index (χ3v) is 2.26. The van der Waals surface area contributed by atoms with E-state index in [0.29, 0.717) is 31.0 Å². The lowest BCUT2D eigenvalue weighted by Crippen LogP contribution is -2.18. The van der Waals surface area contributed by atoms with Crippen molar-refractivity contribution in [3.05, 3.63) is 11.8 Å². The first-order chi connectivity index (χ1) is 7.53. The molecule has 1 aliphatic carbocycles. The number of aromatic nitrogens is 2. The molecule has 0 aliphatic heterocycles. The van der Waals surface area contributed by atoms with Gasteiger partial charge >= 0.3 is 0 Å². The molecule has 90 valence electrons. The fourth-order valence-electron chi connectivity index (χ4n) is 1.22. The highest BCUT2D eigenvalue weighted by molar-refractivity contribution is 4.85. The Morgan fingerprint density at radius 2 is 2.00 bits per heavy atom. The lowest BCUT2D eigenvalue weighted by molar-refractivity contribution is -0.0247. The van der Waals surface area contributed by atoms with E-state index in [4.69, 9.17) is 9.15 Å². The molecule has 1 heterocycles. The summed E-state index contributed by atoms with van der Waals surface area (Å²) in [5.41, 5.74) is -0.180. The molecule has 0 amide bonds. The maximum absolute atomic E-state index is 5.55. The van der Waals surface area contributed by atoms with E-state index in [-0.39, 0.29) is 5.60 Å². The van der Waals surface area contributed by atoms with Crippen molar-refractivity contribution < 1.29 is 9.15 Å². The van der Waals surface area contributed by atoms with E-state index in [0.717, 1.165) is 0 Å². The van der Waals surface area contributed by atoms with Gasteiger partial charge in [0.05, 0.1) is 12.1 Å². The standard InChI is InChI=1S/C11H19N3O2/c1-11(2,3)15-7-10-14-13-9(16-10)6-12-8-4-5-8/h8,12H,4-7H2,1-3H3. The zero-order chi connectivity index (χ0) is 11.6. The van der Waals surface area contributed by atoms with Crippen LogP contribution in [0.1, 0.15) is 45.4 Å². The average Bonchev–Trinajstić information content (AvgIpc) is 2.91. The van der Waals surface area contributed by atoms with Crippen LogP contribution in [0.25, 0.3) is 0 Å². The molecular formula is C11H19N3O2. The predicted molar refractivity (Wildman–Crippen MR) is 58.7 cm³/mol. The van der Waals surface area contributed by atoms with Crippen molar-refractivity contribution in [2.75, 3.05) is 0 Å². The van der Waals surface area contributed by atoms with Gasteiger partial charge in [-0.25, -0.2) is 0 Å². The molecule has 5 nitrogen and oxygen atoms in total. The van der Waals surface area contributed by atoms with E-state index in [2.05, 4.69) is 15.5 Å². The van der Waals surface area contributed by atoms with E-state index in [9.17, 15) is 0 Å². The van der Waals surface area contributed by atoms with Crippen LogP contribution in [0.5, 0.6) is 0 Å². The lowest BCUT2D eigenvalue weighted by atomic mass is 10.2. The molecular weight excluding hydrogens is 206 g/mol. The number of nitrogens with one attached hydrogen (secondary N) is 1. The molecule has 1 fully saturated rings.